The van der Waals surface area contributed by atoms with Crippen LogP contribution in [-0.4, -0.2) is 23.4 Å². The Bertz CT molecular complexity index is 1000. The Morgan fingerprint density at radius 2 is 1.58 bits per heavy atom. The van der Waals surface area contributed by atoms with E-state index in [2.05, 4.69) is 4.28 Å². The predicted molar refractivity (Wildman–Crippen MR) is 78.7 cm³/mol. The monoisotopic (exact) mass is 389 g/mol. The molecule has 2 N–H and O–H groups in total. The van der Waals surface area contributed by atoms with E-state index < -0.39 is 50.7 Å². The van der Waals surface area contributed by atoms with Gasteiger partial charge in [0.1, 0.15) is 17.1 Å². The first-order valence-electron chi connectivity index (χ1n) is 7.22. The van der Waals surface area contributed by atoms with Gasteiger partial charge in [-0.1, -0.05) is 29.0 Å². The molecule has 2 bridgehead atoms. The summed E-state index contributed by atoms with van der Waals surface area (Å²) in [6.45, 7) is 0. The summed E-state index contributed by atoms with van der Waals surface area (Å²) >= 11 is 0. The summed E-state index contributed by atoms with van der Waals surface area (Å²) in [7, 11) is -5.01. The number of rotatable bonds is 3. The van der Waals surface area contributed by atoms with E-state index in [1.54, 1.807) is 12.2 Å². The molecule has 2 atom stereocenters. The van der Waals surface area contributed by atoms with Gasteiger partial charge < -0.3 is 14.9 Å². The molecule has 2 unspecified atom stereocenters. The van der Waals surface area contributed by atoms with Crippen molar-refractivity contribution < 1.29 is 40.8 Å². The van der Waals surface area contributed by atoms with Crippen molar-refractivity contribution in [2.45, 2.75) is 23.3 Å². The third-order valence-corrected chi connectivity index (χ3v) is 5.35. The van der Waals surface area contributed by atoms with Gasteiger partial charge in [-0.2, -0.15) is 21.6 Å². The smallest absolute Gasteiger partial charge is 0.417 e. The van der Waals surface area contributed by atoms with Gasteiger partial charge >= 0.3 is 16.3 Å². The predicted octanol–water partition coefficient (Wildman–Crippen LogP) is 2.42. The molecular weight excluding hydrogens is 379 g/mol. The minimum atomic E-state index is -5.01. The second-order valence-electron chi connectivity index (χ2n) is 5.65. The number of halogens is 3. The molecule has 2 aromatic rings. The Hall–Kier alpha value is -2.66. The quantitative estimate of drug-likeness (QED) is 0.783. The molecule has 26 heavy (non-hydrogen) atoms. The van der Waals surface area contributed by atoms with Crippen molar-refractivity contribution in [3.63, 3.8) is 0 Å². The summed E-state index contributed by atoms with van der Waals surface area (Å²) in [6, 6.07) is 3.43. The molecule has 2 aliphatic heterocycles. The van der Waals surface area contributed by atoms with Crippen molar-refractivity contribution in [1.82, 2.24) is 4.73 Å². The maximum atomic E-state index is 13.1. The molecule has 0 aliphatic carbocycles. The number of ether oxygens (including phenoxy) is 1. The molecule has 3 heterocycles. The van der Waals surface area contributed by atoms with Gasteiger partial charge in [0, 0.05) is 0 Å². The lowest BCUT2D eigenvalue weighted by atomic mass is 10.0. The van der Waals surface area contributed by atoms with E-state index in [1.807, 2.05) is 0 Å². The third kappa shape index (κ3) is 2.27. The molecule has 0 fully saturated rings. The Labute approximate surface area is 144 Å². The molecule has 2 aliphatic rings. The molecule has 0 radical (unpaired) electrons. The second kappa shape index (κ2) is 5.17. The van der Waals surface area contributed by atoms with Gasteiger partial charge in [-0.15, -0.1) is 0 Å². The molecule has 4 rings (SSSR count). The number of nitrogens with zero attached hydrogens (tertiary/aromatic N) is 1. The lowest BCUT2D eigenvalue weighted by Gasteiger charge is -2.14. The van der Waals surface area contributed by atoms with Crippen LogP contribution in [0.25, 0.3) is 0 Å². The largest absolute Gasteiger partial charge is 0.492 e. The molecule has 0 spiro atoms. The second-order valence-corrected chi connectivity index (χ2v) is 7.15. The Balaban J connectivity index is 1.78. The molecule has 11 heteroatoms. The molecule has 1 aromatic carbocycles. The van der Waals surface area contributed by atoms with E-state index >= 15 is 0 Å². The molecule has 7 nitrogen and oxygen atoms in total. The zero-order chi connectivity index (χ0) is 18.9. The highest BCUT2D eigenvalue weighted by Gasteiger charge is 2.44. The Morgan fingerprint density at radius 1 is 1.04 bits per heavy atom. The summed E-state index contributed by atoms with van der Waals surface area (Å²) in [5.41, 5.74) is -1.22. The van der Waals surface area contributed by atoms with Crippen molar-refractivity contribution in [2.24, 2.45) is 0 Å². The molecule has 0 amide bonds. The van der Waals surface area contributed by atoms with Crippen LogP contribution in [0.15, 0.2) is 41.3 Å². The normalized spacial score (nSPS) is 21.2. The maximum absolute atomic E-state index is 13.1. The lowest BCUT2D eigenvalue weighted by molar-refractivity contribution is -0.140. The topological polar surface area (TPSA) is 98.0 Å². The molecule has 0 saturated heterocycles. The minimum Gasteiger partial charge on any atom is -0.492 e. The van der Waals surface area contributed by atoms with Crippen molar-refractivity contribution in [3.05, 3.63) is 53.1 Å². The van der Waals surface area contributed by atoms with E-state index in [-0.39, 0.29) is 15.9 Å². The Morgan fingerprint density at radius 3 is 2.12 bits per heavy atom. The first-order chi connectivity index (χ1) is 12.1. The standard InChI is InChI=1S/C15H10F3NO6S/c16-15(17,18)7-3-1-2-4-10(7)26(22,23)25-19-13(20)11-8-5-6-9(24-8)12(11)14(19)21/h1-6,8-9,20-21H. The van der Waals surface area contributed by atoms with Crippen LogP contribution < -0.4 is 4.28 Å². The SMILES string of the molecule is O=S(=O)(On1c(O)c2c(c1O)C1C=CC2O1)c1ccccc1C(F)(F)F. The van der Waals surface area contributed by atoms with Crippen LogP contribution in [0.1, 0.15) is 28.9 Å². The summed E-state index contributed by atoms with van der Waals surface area (Å²) in [5.74, 6) is -1.52. The summed E-state index contributed by atoms with van der Waals surface area (Å²) in [6.07, 6.45) is -3.16. The van der Waals surface area contributed by atoms with Crippen LogP contribution >= 0.6 is 0 Å². The van der Waals surface area contributed by atoms with Crippen LogP contribution in [0, 0.1) is 0 Å². The van der Waals surface area contributed by atoms with Crippen molar-refractivity contribution in [2.75, 3.05) is 0 Å². The maximum Gasteiger partial charge on any atom is 0.417 e. The minimum absolute atomic E-state index is 0.106. The number of hydrogen-bond donors (Lipinski definition) is 2. The first-order valence-corrected chi connectivity index (χ1v) is 8.63. The number of aromatic nitrogens is 1. The van der Waals surface area contributed by atoms with Gasteiger partial charge in [-0.05, 0) is 12.1 Å². The average Bonchev–Trinajstić information content (AvgIpc) is 3.24. The lowest BCUT2D eigenvalue weighted by Crippen LogP contribution is -2.23. The summed E-state index contributed by atoms with van der Waals surface area (Å²) < 4.78 is 74.1. The molecule has 138 valence electrons. The number of hydrogen-bond acceptors (Lipinski definition) is 6. The van der Waals surface area contributed by atoms with Crippen LogP contribution in [0.3, 0.4) is 0 Å². The van der Waals surface area contributed by atoms with Crippen LogP contribution in [-0.2, 0) is 21.0 Å². The van der Waals surface area contributed by atoms with Gasteiger partial charge in [0.05, 0.1) is 16.7 Å². The molecular formula is C15H10F3NO6S. The van der Waals surface area contributed by atoms with E-state index in [0.717, 1.165) is 18.2 Å². The molecule has 0 saturated carbocycles. The van der Waals surface area contributed by atoms with E-state index in [9.17, 15) is 31.8 Å². The first kappa shape index (κ1) is 16.8. The van der Waals surface area contributed by atoms with Crippen molar-refractivity contribution in [3.8, 4) is 11.8 Å². The highest BCUT2D eigenvalue weighted by atomic mass is 32.2. The fraction of sp³-hybridized carbons (Fsp3) is 0.200. The Kier molecular flexibility index (Phi) is 3.34. The van der Waals surface area contributed by atoms with Crippen LogP contribution in [0.5, 0.6) is 11.8 Å². The highest BCUT2D eigenvalue weighted by molar-refractivity contribution is 7.87. The number of aromatic hydroxyl groups is 2. The van der Waals surface area contributed by atoms with Gasteiger partial charge in [0.25, 0.3) is 0 Å². The molecule has 1 aromatic heterocycles. The fourth-order valence-electron chi connectivity index (χ4n) is 3.03. The van der Waals surface area contributed by atoms with Gasteiger partial charge in [0.2, 0.25) is 11.8 Å². The number of fused-ring (bicyclic) bond motifs is 5. The zero-order valence-electron chi connectivity index (χ0n) is 12.6. The number of benzene rings is 1. The van der Waals surface area contributed by atoms with Crippen molar-refractivity contribution in [1.29, 1.82) is 0 Å². The van der Waals surface area contributed by atoms with Crippen molar-refractivity contribution >= 4 is 10.1 Å². The van der Waals surface area contributed by atoms with Gasteiger partial charge in [0.15, 0.2) is 0 Å². The van der Waals surface area contributed by atoms with E-state index in [0.29, 0.717) is 6.07 Å². The van der Waals surface area contributed by atoms with Crippen LogP contribution in [0.4, 0.5) is 13.2 Å². The highest BCUT2D eigenvalue weighted by Crippen LogP contribution is 2.54. The summed E-state index contributed by atoms with van der Waals surface area (Å²) in [4.78, 5) is -1.14. The zero-order valence-corrected chi connectivity index (χ0v) is 13.5. The van der Waals surface area contributed by atoms with Crippen LogP contribution in [0.2, 0.25) is 0 Å². The third-order valence-electron chi connectivity index (χ3n) is 4.11. The van der Waals surface area contributed by atoms with Gasteiger partial charge in [-0.3, -0.25) is 4.28 Å². The van der Waals surface area contributed by atoms with E-state index in [4.69, 9.17) is 4.74 Å². The van der Waals surface area contributed by atoms with Gasteiger partial charge in [-0.25, -0.2) is 0 Å². The number of alkyl halides is 3. The average molecular weight is 389 g/mol. The van der Waals surface area contributed by atoms with E-state index in [1.165, 1.54) is 0 Å². The summed E-state index contributed by atoms with van der Waals surface area (Å²) in [5, 5.41) is 20.3. The fourth-order valence-corrected chi connectivity index (χ4v) is 4.14.